The molecule has 1 saturated heterocycles. The number of ketones is 1. The first-order valence-electron chi connectivity index (χ1n) is 7.68. The van der Waals surface area contributed by atoms with Crippen molar-refractivity contribution in [1.82, 2.24) is 0 Å². The average molecular weight is 473 g/mol. The summed E-state index contributed by atoms with van der Waals surface area (Å²) in [4.78, 5) is 21.2. The maximum absolute atomic E-state index is 13.2. The average Bonchev–Trinajstić information content (AvgIpc) is 3.18. The fourth-order valence-electron chi connectivity index (χ4n) is 3.22. The van der Waals surface area contributed by atoms with Crippen LogP contribution in [0.25, 0.3) is 0 Å². The lowest BCUT2D eigenvalue weighted by Crippen LogP contribution is -2.49. The van der Waals surface area contributed by atoms with Crippen LogP contribution in [-0.4, -0.2) is 23.8 Å². The Morgan fingerprint density at radius 2 is 2.17 bits per heavy atom. The SMILES string of the molecule is CCc1cc2c(s1)N=C1N(c3ccc(Cl)cc3)CC[C@@]1(OI)C2=O. The molecule has 24 heavy (non-hydrogen) atoms. The maximum Gasteiger partial charge on any atom is 0.206 e. The highest BCUT2D eigenvalue weighted by Crippen LogP contribution is 2.45. The first-order valence-corrected chi connectivity index (χ1v) is 9.76. The van der Waals surface area contributed by atoms with Gasteiger partial charge in [-0.1, -0.05) is 18.5 Å². The highest BCUT2D eigenvalue weighted by molar-refractivity contribution is 14.1. The monoisotopic (exact) mass is 472 g/mol. The Bertz CT molecular complexity index is 849. The number of fused-ring (bicyclic) bond motifs is 2. The Morgan fingerprint density at radius 3 is 2.83 bits per heavy atom. The summed E-state index contributed by atoms with van der Waals surface area (Å²) in [6, 6.07) is 9.54. The number of aryl methyl sites for hydroxylation is 1. The normalized spacial score (nSPS) is 22.4. The molecule has 4 rings (SSSR count). The predicted octanol–water partition coefficient (Wildman–Crippen LogP) is 5.21. The van der Waals surface area contributed by atoms with Crippen LogP contribution in [0.3, 0.4) is 0 Å². The molecule has 0 aliphatic carbocycles. The molecular formula is C17H14ClIN2O2S. The van der Waals surface area contributed by atoms with Crippen LogP contribution in [0.1, 0.15) is 28.6 Å². The molecule has 0 saturated carbocycles. The van der Waals surface area contributed by atoms with E-state index >= 15 is 0 Å². The standard InChI is InChI=1S/C17H14ClIN2O2S/c1-2-12-9-13-14(22)17(23-19)7-8-21(16(17)20-15(13)24-12)11-5-3-10(18)4-6-11/h3-6,9H,2,7-8H2,1H3/t17-/m1/s1. The maximum atomic E-state index is 13.2. The zero-order valence-electron chi connectivity index (χ0n) is 12.9. The third-order valence-electron chi connectivity index (χ3n) is 4.51. The fraction of sp³-hybridized carbons (Fsp3) is 0.294. The van der Waals surface area contributed by atoms with Gasteiger partial charge in [0.2, 0.25) is 11.4 Å². The minimum absolute atomic E-state index is 0.0179. The molecule has 0 amide bonds. The first kappa shape index (κ1) is 16.5. The Balaban J connectivity index is 1.85. The molecule has 124 valence electrons. The van der Waals surface area contributed by atoms with Gasteiger partial charge in [0.1, 0.15) is 28.0 Å². The molecule has 0 radical (unpaired) electrons. The molecule has 0 N–H and O–H groups in total. The Morgan fingerprint density at radius 1 is 1.42 bits per heavy atom. The molecular weight excluding hydrogens is 459 g/mol. The molecule has 0 unspecified atom stereocenters. The molecule has 0 bridgehead atoms. The van der Waals surface area contributed by atoms with Crippen LogP contribution in [0, 0.1) is 0 Å². The Labute approximate surface area is 163 Å². The van der Waals surface area contributed by atoms with Crippen LogP contribution in [-0.2, 0) is 9.49 Å². The first-order chi connectivity index (χ1) is 11.6. The topological polar surface area (TPSA) is 41.9 Å². The molecule has 1 fully saturated rings. The highest BCUT2D eigenvalue weighted by Gasteiger charge is 2.55. The number of rotatable bonds is 3. The second-order valence-corrected chi connectivity index (χ2v) is 7.82. The summed E-state index contributed by atoms with van der Waals surface area (Å²) in [5.41, 5.74) is 0.673. The fourth-order valence-corrected chi connectivity index (χ4v) is 4.92. The smallest absolute Gasteiger partial charge is 0.206 e. The van der Waals surface area contributed by atoms with Gasteiger partial charge in [-0.05, 0) is 36.8 Å². The predicted molar refractivity (Wildman–Crippen MR) is 106 cm³/mol. The second-order valence-electron chi connectivity index (χ2n) is 5.83. The summed E-state index contributed by atoms with van der Waals surface area (Å²) in [6.45, 7) is 2.77. The highest BCUT2D eigenvalue weighted by atomic mass is 127. The van der Waals surface area contributed by atoms with Gasteiger partial charge in [0, 0.05) is 28.6 Å². The van der Waals surface area contributed by atoms with Gasteiger partial charge in [0.05, 0.1) is 5.56 Å². The van der Waals surface area contributed by atoms with Gasteiger partial charge in [0.25, 0.3) is 0 Å². The van der Waals surface area contributed by atoms with Crippen molar-refractivity contribution in [2.45, 2.75) is 25.4 Å². The number of hydrogen-bond donors (Lipinski definition) is 0. The number of benzene rings is 1. The van der Waals surface area contributed by atoms with E-state index in [2.05, 4.69) is 11.8 Å². The van der Waals surface area contributed by atoms with Crippen LogP contribution >= 0.6 is 45.9 Å². The minimum Gasteiger partial charge on any atom is -0.327 e. The van der Waals surface area contributed by atoms with E-state index in [0.29, 0.717) is 29.4 Å². The number of anilines is 1. The van der Waals surface area contributed by atoms with Gasteiger partial charge in [-0.25, -0.2) is 4.99 Å². The Hall–Kier alpha value is -0.960. The largest absolute Gasteiger partial charge is 0.327 e. The van der Waals surface area contributed by atoms with E-state index in [9.17, 15) is 4.79 Å². The summed E-state index contributed by atoms with van der Waals surface area (Å²) >= 11 is 9.41. The van der Waals surface area contributed by atoms with Crippen LogP contribution in [0.5, 0.6) is 0 Å². The number of nitrogens with zero attached hydrogens (tertiary/aromatic N) is 2. The van der Waals surface area contributed by atoms with Crippen molar-refractivity contribution in [3.8, 4) is 0 Å². The quantitative estimate of drug-likeness (QED) is 0.576. The lowest BCUT2D eigenvalue weighted by atomic mass is 9.90. The van der Waals surface area contributed by atoms with Gasteiger partial charge in [-0.15, -0.1) is 11.3 Å². The number of amidine groups is 1. The van der Waals surface area contributed by atoms with E-state index < -0.39 is 5.60 Å². The van der Waals surface area contributed by atoms with Crippen LogP contribution in [0.15, 0.2) is 35.3 Å². The van der Waals surface area contributed by atoms with Gasteiger partial charge >= 0.3 is 0 Å². The summed E-state index contributed by atoms with van der Waals surface area (Å²) in [6.07, 6.45) is 1.49. The zero-order valence-corrected chi connectivity index (χ0v) is 16.6. The molecule has 1 atom stereocenters. The molecule has 1 aromatic carbocycles. The van der Waals surface area contributed by atoms with Crippen LogP contribution in [0.4, 0.5) is 10.7 Å². The number of carbonyl (C=O) groups is 1. The van der Waals surface area contributed by atoms with E-state index in [4.69, 9.17) is 19.7 Å². The molecule has 1 aromatic heterocycles. The molecule has 7 heteroatoms. The molecule has 4 nitrogen and oxygen atoms in total. The number of thiophene rings is 1. The van der Waals surface area contributed by atoms with Crippen molar-refractivity contribution < 1.29 is 7.86 Å². The molecule has 0 spiro atoms. The number of Topliss-reactive ketones (excluding diaryl/α,β-unsaturated/α-hetero) is 1. The Kier molecular flexibility index (Phi) is 4.19. The summed E-state index contributed by atoms with van der Waals surface area (Å²) in [5, 5.41) is 1.47. The van der Waals surface area contributed by atoms with Crippen molar-refractivity contribution in [2.24, 2.45) is 4.99 Å². The van der Waals surface area contributed by atoms with Crippen LogP contribution in [0.2, 0.25) is 5.02 Å². The summed E-state index contributed by atoms with van der Waals surface area (Å²) < 4.78 is 5.72. The molecule has 2 aromatic rings. The van der Waals surface area contributed by atoms with E-state index in [1.807, 2.05) is 53.3 Å². The van der Waals surface area contributed by atoms with Gasteiger partial charge in [-0.3, -0.25) is 7.86 Å². The van der Waals surface area contributed by atoms with Crippen molar-refractivity contribution in [2.75, 3.05) is 11.4 Å². The number of hydrogen-bond acceptors (Lipinski definition) is 5. The van der Waals surface area contributed by atoms with Crippen molar-refractivity contribution in [3.63, 3.8) is 0 Å². The zero-order chi connectivity index (χ0) is 16.9. The lowest BCUT2D eigenvalue weighted by Gasteiger charge is -2.30. The molecule has 3 heterocycles. The van der Waals surface area contributed by atoms with Crippen molar-refractivity contribution in [3.05, 3.63) is 45.8 Å². The third kappa shape index (κ3) is 2.34. The van der Waals surface area contributed by atoms with Crippen LogP contribution < -0.4 is 4.90 Å². The number of carbonyl (C=O) groups excluding carboxylic acids is 1. The minimum atomic E-state index is -0.987. The second kappa shape index (κ2) is 6.09. The summed E-state index contributed by atoms with van der Waals surface area (Å²) in [7, 11) is 0. The number of halogens is 2. The van der Waals surface area contributed by atoms with Gasteiger partial charge in [-0.2, -0.15) is 0 Å². The van der Waals surface area contributed by atoms with Crippen molar-refractivity contribution >= 4 is 68.3 Å². The van der Waals surface area contributed by atoms with Crippen molar-refractivity contribution in [1.29, 1.82) is 0 Å². The number of aliphatic imine (C=N–C) groups is 1. The van der Waals surface area contributed by atoms with E-state index in [1.54, 1.807) is 11.3 Å². The third-order valence-corrected chi connectivity index (χ3v) is 6.68. The summed E-state index contributed by atoms with van der Waals surface area (Å²) in [5.74, 6) is 0.700. The van der Waals surface area contributed by atoms with E-state index in [0.717, 1.165) is 17.1 Å². The van der Waals surface area contributed by atoms with Gasteiger partial charge in [0.15, 0.2) is 5.84 Å². The molecule has 2 aliphatic rings. The van der Waals surface area contributed by atoms with E-state index in [1.165, 1.54) is 4.88 Å². The lowest BCUT2D eigenvalue weighted by molar-refractivity contribution is 0.0770. The van der Waals surface area contributed by atoms with Gasteiger partial charge < -0.3 is 4.90 Å². The van der Waals surface area contributed by atoms with E-state index in [-0.39, 0.29) is 5.78 Å². The molecule has 2 aliphatic heterocycles.